The number of hydrogen-bond donors (Lipinski definition) is 1. The van der Waals surface area contributed by atoms with Gasteiger partial charge < -0.3 is 10.1 Å². The van der Waals surface area contributed by atoms with Crippen LogP contribution in [0.3, 0.4) is 0 Å². The summed E-state index contributed by atoms with van der Waals surface area (Å²) in [5.74, 6) is 0.440. The molecular weight excluding hydrogens is 280 g/mol. The van der Waals surface area contributed by atoms with Crippen LogP contribution in [0.5, 0.6) is 5.75 Å². The highest BCUT2D eigenvalue weighted by molar-refractivity contribution is 6.06. The summed E-state index contributed by atoms with van der Waals surface area (Å²) >= 11 is 0. The number of benzene rings is 1. The Morgan fingerprint density at radius 1 is 1.27 bits per heavy atom. The zero-order valence-corrected chi connectivity index (χ0v) is 12.2. The number of methoxy groups -OCH3 is 1. The fraction of sp³-hybridized carbons (Fsp3) is 0.235. The number of carbonyl (C=O) groups is 2. The first-order valence-electron chi connectivity index (χ1n) is 7.11. The Morgan fingerprint density at radius 3 is 2.77 bits per heavy atom. The van der Waals surface area contributed by atoms with E-state index in [4.69, 9.17) is 4.74 Å². The standard InChI is InChI=1S/C17H16N2O3/c1-22-13-3-4-14-12(10-13)2-5-15(16(14)20)19-17(21)11-6-8-18-9-7-11/h3-4,6-10,15H,2,5H2,1H3,(H,19,21). The van der Waals surface area contributed by atoms with E-state index in [0.29, 0.717) is 17.5 Å². The van der Waals surface area contributed by atoms with Gasteiger partial charge >= 0.3 is 0 Å². The third-order valence-electron chi connectivity index (χ3n) is 3.84. The van der Waals surface area contributed by atoms with Gasteiger partial charge in [0, 0.05) is 23.5 Å². The van der Waals surface area contributed by atoms with E-state index >= 15 is 0 Å². The zero-order valence-electron chi connectivity index (χ0n) is 12.2. The summed E-state index contributed by atoms with van der Waals surface area (Å²) in [5, 5.41) is 2.81. The van der Waals surface area contributed by atoms with Gasteiger partial charge in [-0.1, -0.05) is 0 Å². The lowest BCUT2D eigenvalue weighted by Crippen LogP contribution is -2.43. The Bertz CT molecular complexity index is 713. The normalized spacial score (nSPS) is 16.8. The molecule has 22 heavy (non-hydrogen) atoms. The second kappa shape index (κ2) is 5.97. The minimum absolute atomic E-state index is 0.0497. The van der Waals surface area contributed by atoms with Crippen molar-refractivity contribution in [3.05, 3.63) is 59.4 Å². The summed E-state index contributed by atoms with van der Waals surface area (Å²) in [6, 6.07) is 8.18. The lowest BCUT2D eigenvalue weighted by molar-refractivity contribution is 0.0845. The van der Waals surface area contributed by atoms with Crippen molar-refractivity contribution < 1.29 is 14.3 Å². The van der Waals surface area contributed by atoms with Crippen LogP contribution in [0.15, 0.2) is 42.7 Å². The van der Waals surface area contributed by atoms with Gasteiger partial charge in [-0.05, 0) is 48.7 Å². The van der Waals surface area contributed by atoms with E-state index in [1.807, 2.05) is 6.07 Å². The average molecular weight is 296 g/mol. The number of nitrogens with zero attached hydrogens (tertiary/aromatic N) is 1. The summed E-state index contributed by atoms with van der Waals surface area (Å²) in [6.07, 6.45) is 4.44. The van der Waals surface area contributed by atoms with E-state index in [1.165, 1.54) is 0 Å². The number of pyridine rings is 1. The lowest BCUT2D eigenvalue weighted by Gasteiger charge is -2.24. The molecule has 0 spiro atoms. The third-order valence-corrected chi connectivity index (χ3v) is 3.84. The van der Waals surface area contributed by atoms with Gasteiger partial charge in [-0.15, -0.1) is 0 Å². The number of hydrogen-bond acceptors (Lipinski definition) is 4. The summed E-state index contributed by atoms with van der Waals surface area (Å²) in [4.78, 5) is 28.6. The first-order chi connectivity index (χ1) is 10.7. The van der Waals surface area contributed by atoms with Crippen molar-refractivity contribution in [3.63, 3.8) is 0 Å². The summed E-state index contributed by atoms with van der Waals surface area (Å²) < 4.78 is 5.18. The Labute approximate surface area is 128 Å². The van der Waals surface area contributed by atoms with E-state index in [9.17, 15) is 9.59 Å². The van der Waals surface area contributed by atoms with Crippen LogP contribution < -0.4 is 10.1 Å². The maximum absolute atomic E-state index is 12.5. The van der Waals surface area contributed by atoms with Crippen LogP contribution in [0.25, 0.3) is 0 Å². The summed E-state index contributed by atoms with van der Waals surface area (Å²) in [6.45, 7) is 0. The van der Waals surface area contributed by atoms with Crippen LogP contribution in [-0.4, -0.2) is 29.8 Å². The van der Waals surface area contributed by atoms with Crippen LogP contribution in [0.2, 0.25) is 0 Å². The maximum Gasteiger partial charge on any atom is 0.251 e. The average Bonchev–Trinajstić information content (AvgIpc) is 2.57. The minimum Gasteiger partial charge on any atom is -0.497 e. The van der Waals surface area contributed by atoms with Crippen molar-refractivity contribution >= 4 is 11.7 Å². The van der Waals surface area contributed by atoms with Gasteiger partial charge in [-0.25, -0.2) is 0 Å². The molecule has 5 nitrogen and oxygen atoms in total. The highest BCUT2D eigenvalue weighted by Gasteiger charge is 2.29. The molecule has 1 aromatic carbocycles. The molecule has 1 aromatic heterocycles. The van der Waals surface area contributed by atoms with Gasteiger partial charge in [0.15, 0.2) is 5.78 Å². The molecule has 0 saturated heterocycles. The number of nitrogens with one attached hydrogen (secondary N) is 1. The van der Waals surface area contributed by atoms with Crippen LogP contribution in [0.1, 0.15) is 32.7 Å². The molecule has 1 N–H and O–H groups in total. The highest BCUT2D eigenvalue weighted by atomic mass is 16.5. The molecule has 1 aliphatic rings. The number of aryl methyl sites for hydroxylation is 1. The van der Waals surface area contributed by atoms with Gasteiger partial charge in [-0.3, -0.25) is 14.6 Å². The Kier molecular flexibility index (Phi) is 3.87. The molecule has 1 atom stereocenters. The Balaban J connectivity index is 1.77. The zero-order chi connectivity index (χ0) is 15.5. The molecule has 1 unspecified atom stereocenters. The van der Waals surface area contributed by atoms with Gasteiger partial charge in [-0.2, -0.15) is 0 Å². The third kappa shape index (κ3) is 2.70. The topological polar surface area (TPSA) is 68.3 Å². The van der Waals surface area contributed by atoms with Crippen molar-refractivity contribution in [2.75, 3.05) is 7.11 Å². The van der Waals surface area contributed by atoms with Crippen molar-refractivity contribution in [3.8, 4) is 5.75 Å². The number of ketones is 1. The number of fused-ring (bicyclic) bond motifs is 1. The Morgan fingerprint density at radius 2 is 2.05 bits per heavy atom. The number of Topliss-reactive ketones (excluding diaryl/α,β-unsaturated/α-hetero) is 1. The van der Waals surface area contributed by atoms with Crippen molar-refractivity contribution in [2.24, 2.45) is 0 Å². The molecular formula is C17H16N2O3. The fourth-order valence-corrected chi connectivity index (χ4v) is 2.65. The quantitative estimate of drug-likeness (QED) is 0.941. The summed E-state index contributed by atoms with van der Waals surface area (Å²) in [5.41, 5.74) is 2.13. The van der Waals surface area contributed by atoms with E-state index in [1.54, 1.807) is 43.8 Å². The molecule has 112 valence electrons. The van der Waals surface area contributed by atoms with E-state index in [0.717, 1.165) is 17.7 Å². The number of ether oxygens (including phenoxy) is 1. The van der Waals surface area contributed by atoms with Gasteiger partial charge in [0.2, 0.25) is 0 Å². The van der Waals surface area contributed by atoms with Crippen LogP contribution in [0.4, 0.5) is 0 Å². The minimum atomic E-state index is -0.485. The number of amides is 1. The molecule has 2 aromatic rings. The van der Waals surface area contributed by atoms with Gasteiger partial charge in [0.05, 0.1) is 13.2 Å². The smallest absolute Gasteiger partial charge is 0.251 e. The molecule has 0 saturated carbocycles. The molecule has 0 fully saturated rings. The number of carbonyl (C=O) groups excluding carboxylic acids is 2. The van der Waals surface area contributed by atoms with E-state index < -0.39 is 6.04 Å². The molecule has 0 bridgehead atoms. The molecule has 0 radical (unpaired) electrons. The van der Waals surface area contributed by atoms with Gasteiger partial charge in [0.1, 0.15) is 5.75 Å². The highest BCUT2D eigenvalue weighted by Crippen LogP contribution is 2.25. The predicted octanol–water partition coefficient (Wildman–Crippen LogP) is 2.02. The molecule has 5 heteroatoms. The lowest BCUT2D eigenvalue weighted by atomic mass is 9.87. The molecule has 1 amide bonds. The number of aromatic nitrogens is 1. The number of rotatable bonds is 3. The predicted molar refractivity (Wildman–Crippen MR) is 81.1 cm³/mol. The first kappa shape index (κ1) is 14.3. The van der Waals surface area contributed by atoms with Crippen LogP contribution in [0, 0.1) is 0 Å². The van der Waals surface area contributed by atoms with Crippen LogP contribution in [-0.2, 0) is 6.42 Å². The molecule has 1 aliphatic carbocycles. The summed E-state index contributed by atoms with van der Waals surface area (Å²) in [7, 11) is 1.60. The fourth-order valence-electron chi connectivity index (χ4n) is 2.65. The molecule has 3 rings (SSSR count). The van der Waals surface area contributed by atoms with Gasteiger partial charge in [0.25, 0.3) is 5.91 Å². The monoisotopic (exact) mass is 296 g/mol. The second-order valence-electron chi connectivity index (χ2n) is 5.19. The molecule has 1 heterocycles. The SMILES string of the molecule is COc1ccc2c(c1)CCC(NC(=O)c1ccncc1)C2=O. The second-order valence-corrected chi connectivity index (χ2v) is 5.19. The molecule has 0 aliphatic heterocycles. The largest absolute Gasteiger partial charge is 0.497 e. The van der Waals surface area contributed by atoms with E-state index in [2.05, 4.69) is 10.3 Å². The maximum atomic E-state index is 12.5. The van der Waals surface area contributed by atoms with Crippen molar-refractivity contribution in [1.29, 1.82) is 0 Å². The van der Waals surface area contributed by atoms with E-state index in [-0.39, 0.29) is 11.7 Å². The Hall–Kier alpha value is -2.69. The first-order valence-corrected chi connectivity index (χ1v) is 7.11. The van der Waals surface area contributed by atoms with Crippen molar-refractivity contribution in [2.45, 2.75) is 18.9 Å². The van der Waals surface area contributed by atoms with Crippen molar-refractivity contribution in [1.82, 2.24) is 10.3 Å². The van der Waals surface area contributed by atoms with Crippen LogP contribution >= 0.6 is 0 Å².